The molecule has 0 radical (unpaired) electrons. The Bertz CT molecular complexity index is 779. The molecule has 2 heterocycles. The molecule has 0 spiro atoms. The highest BCUT2D eigenvalue weighted by Gasteiger charge is 2.29. The molecule has 1 atom stereocenters. The Labute approximate surface area is 161 Å². The summed E-state index contributed by atoms with van der Waals surface area (Å²) < 4.78 is 12.9. The Balaban J connectivity index is 2.15. The fourth-order valence-electron chi connectivity index (χ4n) is 3.40. The molecular weight excluding hydrogens is 344 g/mol. The van der Waals surface area contributed by atoms with Crippen LogP contribution in [0.2, 0.25) is 0 Å². The Morgan fingerprint density at radius 3 is 2.30 bits per heavy atom. The Kier molecular flexibility index (Phi) is 6.52. The Morgan fingerprint density at radius 2 is 1.78 bits per heavy atom. The summed E-state index contributed by atoms with van der Waals surface area (Å²) in [6.45, 7) is 13.8. The largest absolute Gasteiger partial charge is 0.467 e. The van der Waals surface area contributed by atoms with Crippen LogP contribution >= 0.6 is 0 Å². The highest BCUT2D eigenvalue weighted by Crippen LogP contribution is 2.19. The second-order valence-electron chi connectivity index (χ2n) is 7.43. The first kappa shape index (κ1) is 20.8. The maximum absolute atomic E-state index is 12.7. The van der Waals surface area contributed by atoms with Gasteiger partial charge in [-0.3, -0.25) is 4.79 Å². The van der Waals surface area contributed by atoms with Crippen LogP contribution in [0, 0.1) is 13.8 Å². The lowest BCUT2D eigenvalue weighted by atomic mass is 10.2. The monoisotopic (exact) mass is 374 g/mol. The number of hydrogen-bond acceptors (Lipinski definition) is 4. The highest BCUT2D eigenvalue weighted by molar-refractivity contribution is 5.93. The predicted molar refractivity (Wildman–Crippen MR) is 104 cm³/mol. The molecule has 0 fully saturated rings. The third-order valence-electron chi connectivity index (χ3n) is 4.69. The van der Waals surface area contributed by atoms with E-state index in [1.54, 1.807) is 24.2 Å². The molecule has 27 heavy (non-hydrogen) atoms. The maximum atomic E-state index is 12.7. The van der Waals surface area contributed by atoms with Crippen molar-refractivity contribution in [3.8, 4) is 0 Å². The number of carbonyl (C=O) groups is 2. The number of nitrogens with zero attached hydrogens (tertiary/aromatic N) is 2. The minimum atomic E-state index is -0.838. The Hall–Kier alpha value is -2.50. The van der Waals surface area contributed by atoms with Crippen LogP contribution in [0.25, 0.3) is 0 Å². The predicted octanol–water partition coefficient (Wildman–Crippen LogP) is 3.94. The zero-order valence-electron chi connectivity index (χ0n) is 17.3. The smallest absolute Gasteiger partial charge is 0.340 e. The third-order valence-corrected chi connectivity index (χ3v) is 4.69. The fourth-order valence-corrected chi connectivity index (χ4v) is 3.40. The van der Waals surface area contributed by atoms with Crippen LogP contribution in [-0.4, -0.2) is 39.5 Å². The van der Waals surface area contributed by atoms with Gasteiger partial charge >= 0.3 is 5.97 Å². The number of carbonyl (C=O) groups excluding carboxylic acids is 2. The van der Waals surface area contributed by atoms with Gasteiger partial charge in [-0.25, -0.2) is 4.79 Å². The number of hydrogen-bond donors (Lipinski definition) is 0. The van der Waals surface area contributed by atoms with Gasteiger partial charge in [-0.05, 0) is 66.7 Å². The molecule has 1 amide bonds. The van der Waals surface area contributed by atoms with Crippen molar-refractivity contribution in [2.45, 2.75) is 73.2 Å². The second-order valence-corrected chi connectivity index (χ2v) is 7.43. The van der Waals surface area contributed by atoms with Gasteiger partial charge in [0.25, 0.3) is 5.91 Å². The fraction of sp³-hybridized carbons (Fsp3) is 0.524. The molecule has 0 aliphatic rings. The first-order chi connectivity index (χ1) is 12.6. The van der Waals surface area contributed by atoms with E-state index in [-0.39, 0.29) is 18.0 Å². The SMILES string of the molecule is Cc1cc(C(=O)OC(C)C(=O)N(C(C)C)C(C)C)c(C)n1Cc1ccco1. The molecule has 0 aromatic carbocycles. The molecule has 148 valence electrons. The average Bonchev–Trinajstić information content (AvgIpc) is 3.17. The molecule has 1 unspecified atom stereocenters. The number of rotatable bonds is 7. The van der Waals surface area contributed by atoms with Crippen molar-refractivity contribution in [2.24, 2.45) is 0 Å². The zero-order chi connectivity index (χ0) is 20.3. The molecule has 6 heteroatoms. The van der Waals surface area contributed by atoms with Crippen LogP contribution < -0.4 is 0 Å². The summed E-state index contributed by atoms with van der Waals surface area (Å²) in [5.41, 5.74) is 2.19. The quantitative estimate of drug-likeness (QED) is 0.689. The summed E-state index contributed by atoms with van der Waals surface area (Å²) >= 11 is 0. The molecule has 0 aliphatic carbocycles. The summed E-state index contributed by atoms with van der Waals surface area (Å²) in [7, 11) is 0. The van der Waals surface area contributed by atoms with E-state index >= 15 is 0 Å². The van der Waals surface area contributed by atoms with Gasteiger partial charge in [-0.1, -0.05) is 0 Å². The molecule has 6 nitrogen and oxygen atoms in total. The maximum Gasteiger partial charge on any atom is 0.340 e. The third kappa shape index (κ3) is 4.62. The standard InChI is InChI=1S/C21H30N2O4/c1-13(2)23(14(3)4)20(24)17(7)27-21(25)19-11-15(5)22(16(19)6)12-18-9-8-10-26-18/h8-11,13-14,17H,12H2,1-7H3. The van der Waals surface area contributed by atoms with Crippen molar-refractivity contribution in [1.29, 1.82) is 0 Å². The lowest BCUT2D eigenvalue weighted by Crippen LogP contribution is -2.47. The van der Waals surface area contributed by atoms with Crippen molar-refractivity contribution in [3.63, 3.8) is 0 Å². The van der Waals surface area contributed by atoms with Gasteiger partial charge in [-0.15, -0.1) is 0 Å². The van der Waals surface area contributed by atoms with E-state index in [0.29, 0.717) is 12.1 Å². The van der Waals surface area contributed by atoms with Crippen molar-refractivity contribution < 1.29 is 18.7 Å². The summed E-state index contributed by atoms with van der Waals surface area (Å²) in [6, 6.07) is 5.60. The molecule has 0 N–H and O–H groups in total. The van der Waals surface area contributed by atoms with Gasteiger partial charge in [0.1, 0.15) is 5.76 Å². The minimum Gasteiger partial charge on any atom is -0.467 e. The van der Waals surface area contributed by atoms with E-state index in [9.17, 15) is 9.59 Å². The Morgan fingerprint density at radius 1 is 1.15 bits per heavy atom. The van der Waals surface area contributed by atoms with E-state index in [1.807, 2.05) is 58.2 Å². The molecule has 0 aliphatic heterocycles. The van der Waals surface area contributed by atoms with Gasteiger partial charge in [0.15, 0.2) is 6.10 Å². The molecule has 0 bridgehead atoms. The van der Waals surface area contributed by atoms with E-state index < -0.39 is 12.1 Å². The van der Waals surface area contributed by atoms with Crippen molar-refractivity contribution in [2.75, 3.05) is 0 Å². The van der Waals surface area contributed by atoms with Gasteiger partial charge < -0.3 is 18.6 Å². The topological polar surface area (TPSA) is 64.7 Å². The molecule has 0 saturated carbocycles. The molecule has 2 aromatic rings. The molecule has 2 rings (SSSR count). The van der Waals surface area contributed by atoms with Gasteiger partial charge in [0.2, 0.25) is 0 Å². The highest BCUT2D eigenvalue weighted by atomic mass is 16.5. The van der Waals surface area contributed by atoms with Crippen LogP contribution in [0.3, 0.4) is 0 Å². The van der Waals surface area contributed by atoms with E-state index in [0.717, 1.165) is 17.1 Å². The van der Waals surface area contributed by atoms with E-state index in [2.05, 4.69) is 0 Å². The van der Waals surface area contributed by atoms with Gasteiger partial charge in [0.05, 0.1) is 18.4 Å². The summed E-state index contributed by atoms with van der Waals surface area (Å²) in [6.07, 6.45) is 0.789. The van der Waals surface area contributed by atoms with E-state index in [4.69, 9.17) is 9.15 Å². The van der Waals surface area contributed by atoms with Crippen LogP contribution in [-0.2, 0) is 16.1 Å². The molecule has 2 aromatic heterocycles. The summed E-state index contributed by atoms with van der Waals surface area (Å²) in [5, 5.41) is 0. The number of aromatic nitrogens is 1. The first-order valence-corrected chi connectivity index (χ1v) is 9.35. The van der Waals surface area contributed by atoms with Crippen molar-refractivity contribution >= 4 is 11.9 Å². The number of furan rings is 1. The normalized spacial score (nSPS) is 12.5. The van der Waals surface area contributed by atoms with Crippen molar-refractivity contribution in [3.05, 3.63) is 47.2 Å². The summed E-state index contributed by atoms with van der Waals surface area (Å²) in [5.74, 6) is 0.143. The lowest BCUT2D eigenvalue weighted by molar-refractivity contribution is -0.143. The van der Waals surface area contributed by atoms with Gasteiger partial charge in [-0.2, -0.15) is 0 Å². The number of esters is 1. The molecule has 0 saturated heterocycles. The van der Waals surface area contributed by atoms with Gasteiger partial charge in [0, 0.05) is 23.5 Å². The van der Waals surface area contributed by atoms with Crippen LogP contribution in [0.5, 0.6) is 0 Å². The van der Waals surface area contributed by atoms with Crippen molar-refractivity contribution in [1.82, 2.24) is 9.47 Å². The minimum absolute atomic E-state index is 0.0389. The van der Waals surface area contributed by atoms with Crippen LogP contribution in [0.1, 0.15) is 62.1 Å². The number of aryl methyl sites for hydroxylation is 1. The number of amides is 1. The van der Waals surface area contributed by atoms with Crippen LogP contribution in [0.4, 0.5) is 0 Å². The zero-order valence-corrected chi connectivity index (χ0v) is 17.3. The number of ether oxygens (including phenoxy) is 1. The van der Waals surface area contributed by atoms with Crippen LogP contribution in [0.15, 0.2) is 28.9 Å². The molecular formula is C21H30N2O4. The average molecular weight is 374 g/mol. The lowest BCUT2D eigenvalue weighted by Gasteiger charge is -2.32. The summed E-state index contributed by atoms with van der Waals surface area (Å²) in [4.78, 5) is 27.1. The van der Waals surface area contributed by atoms with E-state index in [1.165, 1.54) is 0 Å². The first-order valence-electron chi connectivity index (χ1n) is 9.35. The second kappa shape index (κ2) is 8.46.